The fraction of sp³-hybridized carbons (Fsp3) is 0.0870. The minimum atomic E-state index is -0.675. The molecule has 3 rings (SSSR count). The summed E-state index contributed by atoms with van der Waals surface area (Å²) in [7, 11) is 1.44. The lowest BCUT2D eigenvalue weighted by atomic mass is 10.0. The van der Waals surface area contributed by atoms with E-state index in [-0.39, 0.29) is 11.3 Å². The second-order valence-corrected chi connectivity index (χ2v) is 6.07. The van der Waals surface area contributed by atoms with E-state index in [9.17, 15) is 14.4 Å². The first kappa shape index (κ1) is 19.8. The van der Waals surface area contributed by atoms with Crippen molar-refractivity contribution < 1.29 is 23.9 Å². The van der Waals surface area contributed by atoms with Gasteiger partial charge in [0.15, 0.2) is 12.4 Å². The van der Waals surface area contributed by atoms with E-state index in [1.54, 1.807) is 72.8 Å². The second-order valence-electron chi connectivity index (χ2n) is 6.07. The first-order valence-corrected chi connectivity index (χ1v) is 8.89. The Labute approximate surface area is 168 Å². The van der Waals surface area contributed by atoms with Crippen LogP contribution in [0.1, 0.15) is 26.3 Å². The SMILES string of the molecule is COc1ccccc1C(=O)OCC(=O)Nc1ccccc1C(=O)c1ccccc1. The molecule has 1 amide bonds. The second kappa shape index (κ2) is 9.32. The van der Waals surface area contributed by atoms with E-state index in [2.05, 4.69) is 5.32 Å². The maximum Gasteiger partial charge on any atom is 0.342 e. The first-order chi connectivity index (χ1) is 14.1. The van der Waals surface area contributed by atoms with Gasteiger partial charge in [-0.1, -0.05) is 54.6 Å². The van der Waals surface area contributed by atoms with Crippen LogP contribution in [-0.4, -0.2) is 31.4 Å². The molecule has 29 heavy (non-hydrogen) atoms. The Morgan fingerprint density at radius 2 is 1.41 bits per heavy atom. The van der Waals surface area contributed by atoms with Crippen molar-refractivity contribution in [1.29, 1.82) is 0 Å². The van der Waals surface area contributed by atoms with Crippen LogP contribution >= 0.6 is 0 Å². The van der Waals surface area contributed by atoms with Crippen LogP contribution in [0.2, 0.25) is 0 Å². The van der Waals surface area contributed by atoms with Gasteiger partial charge < -0.3 is 14.8 Å². The standard InChI is InChI=1S/C23H19NO5/c1-28-20-14-8-6-12-18(20)23(27)29-15-21(25)24-19-13-7-5-11-17(19)22(26)16-9-3-2-4-10-16/h2-14H,15H2,1H3,(H,24,25). The number of carbonyl (C=O) groups is 3. The van der Waals surface area contributed by atoms with E-state index in [1.807, 2.05) is 6.07 Å². The maximum absolute atomic E-state index is 12.7. The van der Waals surface area contributed by atoms with Crippen molar-refractivity contribution in [2.45, 2.75) is 0 Å². The van der Waals surface area contributed by atoms with Crippen molar-refractivity contribution in [2.75, 3.05) is 19.0 Å². The lowest BCUT2D eigenvalue weighted by Gasteiger charge is -2.11. The Balaban J connectivity index is 1.67. The number of ether oxygens (including phenoxy) is 2. The third-order valence-electron chi connectivity index (χ3n) is 4.14. The molecule has 0 unspecified atom stereocenters. The highest BCUT2D eigenvalue weighted by Gasteiger charge is 2.17. The van der Waals surface area contributed by atoms with Crippen molar-refractivity contribution in [3.05, 3.63) is 95.6 Å². The van der Waals surface area contributed by atoms with Gasteiger partial charge in [-0.05, 0) is 24.3 Å². The van der Waals surface area contributed by atoms with Crippen molar-refractivity contribution in [1.82, 2.24) is 0 Å². The summed E-state index contributed by atoms with van der Waals surface area (Å²) < 4.78 is 10.2. The van der Waals surface area contributed by atoms with Gasteiger partial charge in [-0.2, -0.15) is 0 Å². The molecule has 0 aliphatic heterocycles. The van der Waals surface area contributed by atoms with E-state index >= 15 is 0 Å². The molecule has 0 atom stereocenters. The van der Waals surface area contributed by atoms with Crippen LogP contribution < -0.4 is 10.1 Å². The van der Waals surface area contributed by atoms with Crippen LogP contribution in [-0.2, 0) is 9.53 Å². The number of ketones is 1. The molecule has 1 N–H and O–H groups in total. The molecule has 3 aromatic carbocycles. The van der Waals surface area contributed by atoms with Crippen LogP contribution in [0.3, 0.4) is 0 Å². The number of carbonyl (C=O) groups excluding carboxylic acids is 3. The predicted molar refractivity (Wildman–Crippen MR) is 108 cm³/mol. The van der Waals surface area contributed by atoms with Crippen LogP contribution in [0, 0.1) is 0 Å². The summed E-state index contributed by atoms with van der Waals surface area (Å²) in [5.41, 5.74) is 1.43. The molecule has 0 heterocycles. The molecular weight excluding hydrogens is 370 g/mol. The molecule has 0 spiro atoms. The number of hydrogen-bond acceptors (Lipinski definition) is 5. The molecule has 0 bridgehead atoms. The third kappa shape index (κ3) is 4.87. The van der Waals surface area contributed by atoms with Gasteiger partial charge in [-0.25, -0.2) is 4.79 Å². The van der Waals surface area contributed by atoms with Gasteiger partial charge in [0.05, 0.1) is 12.8 Å². The first-order valence-electron chi connectivity index (χ1n) is 8.89. The van der Waals surface area contributed by atoms with Crippen LogP contribution in [0.5, 0.6) is 5.75 Å². The number of amides is 1. The lowest BCUT2D eigenvalue weighted by Crippen LogP contribution is -2.22. The average molecular weight is 389 g/mol. The van der Waals surface area contributed by atoms with Gasteiger partial charge in [0.1, 0.15) is 11.3 Å². The Morgan fingerprint density at radius 1 is 0.793 bits per heavy atom. The topological polar surface area (TPSA) is 81.7 Å². The number of anilines is 1. The minimum absolute atomic E-state index is 0.215. The summed E-state index contributed by atoms with van der Waals surface area (Å²) in [5.74, 6) is -1.09. The number of nitrogens with one attached hydrogen (secondary N) is 1. The van der Waals surface area contributed by atoms with Gasteiger partial charge in [0.25, 0.3) is 5.91 Å². The van der Waals surface area contributed by atoms with Crippen molar-refractivity contribution in [3.63, 3.8) is 0 Å². The van der Waals surface area contributed by atoms with Crippen molar-refractivity contribution in [2.24, 2.45) is 0 Å². The van der Waals surface area contributed by atoms with Crippen LogP contribution in [0.15, 0.2) is 78.9 Å². The molecule has 0 aliphatic rings. The minimum Gasteiger partial charge on any atom is -0.496 e. The highest BCUT2D eigenvalue weighted by molar-refractivity contribution is 6.14. The third-order valence-corrected chi connectivity index (χ3v) is 4.14. The molecule has 0 aromatic heterocycles. The molecule has 3 aromatic rings. The average Bonchev–Trinajstić information content (AvgIpc) is 2.78. The van der Waals surface area contributed by atoms with Gasteiger partial charge in [-0.15, -0.1) is 0 Å². The monoisotopic (exact) mass is 389 g/mol. The molecule has 6 heteroatoms. The van der Waals surface area contributed by atoms with E-state index in [1.165, 1.54) is 7.11 Å². The fourth-order valence-electron chi connectivity index (χ4n) is 2.74. The summed E-state index contributed by atoms with van der Waals surface area (Å²) >= 11 is 0. The number of benzene rings is 3. The molecule has 0 fully saturated rings. The molecule has 0 radical (unpaired) electrons. The van der Waals surface area contributed by atoms with E-state index in [4.69, 9.17) is 9.47 Å². The number of rotatable bonds is 7. The Morgan fingerprint density at radius 3 is 2.14 bits per heavy atom. The highest BCUT2D eigenvalue weighted by Crippen LogP contribution is 2.20. The summed E-state index contributed by atoms with van der Waals surface area (Å²) in [6.07, 6.45) is 0. The maximum atomic E-state index is 12.7. The normalized spacial score (nSPS) is 10.1. The molecule has 146 valence electrons. The number of methoxy groups -OCH3 is 1. The highest BCUT2D eigenvalue weighted by atomic mass is 16.5. The van der Waals surface area contributed by atoms with Gasteiger partial charge >= 0.3 is 5.97 Å². The smallest absolute Gasteiger partial charge is 0.342 e. The van der Waals surface area contributed by atoms with E-state index < -0.39 is 18.5 Å². The summed E-state index contributed by atoms with van der Waals surface area (Å²) in [6.45, 7) is -0.495. The zero-order valence-electron chi connectivity index (χ0n) is 15.8. The summed E-state index contributed by atoms with van der Waals surface area (Å²) in [4.78, 5) is 37.2. The Kier molecular flexibility index (Phi) is 6.37. The zero-order valence-corrected chi connectivity index (χ0v) is 15.8. The fourth-order valence-corrected chi connectivity index (χ4v) is 2.74. The number of para-hydroxylation sites is 2. The Hall–Kier alpha value is -3.93. The van der Waals surface area contributed by atoms with E-state index in [0.29, 0.717) is 22.6 Å². The number of esters is 1. The quantitative estimate of drug-likeness (QED) is 0.492. The zero-order chi connectivity index (χ0) is 20.6. The lowest BCUT2D eigenvalue weighted by molar-refractivity contribution is -0.119. The molecular formula is C23H19NO5. The molecule has 6 nitrogen and oxygen atoms in total. The van der Waals surface area contributed by atoms with Crippen LogP contribution in [0.4, 0.5) is 5.69 Å². The van der Waals surface area contributed by atoms with Gasteiger partial charge in [-0.3, -0.25) is 9.59 Å². The van der Waals surface area contributed by atoms with Gasteiger partial charge in [0.2, 0.25) is 0 Å². The Bertz CT molecular complexity index is 1030. The van der Waals surface area contributed by atoms with Gasteiger partial charge in [0, 0.05) is 11.1 Å². The van der Waals surface area contributed by atoms with Crippen molar-refractivity contribution >= 4 is 23.3 Å². The van der Waals surface area contributed by atoms with Crippen molar-refractivity contribution in [3.8, 4) is 5.75 Å². The molecule has 0 aliphatic carbocycles. The summed E-state index contributed by atoms with van der Waals surface area (Å²) in [5, 5.41) is 2.63. The van der Waals surface area contributed by atoms with Crippen LogP contribution in [0.25, 0.3) is 0 Å². The summed E-state index contributed by atoms with van der Waals surface area (Å²) in [6, 6.07) is 22.0. The van der Waals surface area contributed by atoms with E-state index in [0.717, 1.165) is 0 Å². The number of hydrogen-bond donors (Lipinski definition) is 1. The molecule has 0 saturated heterocycles. The predicted octanol–water partition coefficient (Wildman–Crippen LogP) is 3.72. The molecule has 0 saturated carbocycles. The largest absolute Gasteiger partial charge is 0.496 e.